The van der Waals surface area contributed by atoms with Crippen molar-refractivity contribution in [1.29, 1.82) is 0 Å². The van der Waals surface area contributed by atoms with Crippen LogP contribution < -0.4 is 0 Å². The van der Waals surface area contributed by atoms with Crippen LogP contribution in [-0.4, -0.2) is 31.7 Å². The van der Waals surface area contributed by atoms with E-state index in [-0.39, 0.29) is 22.9 Å². The van der Waals surface area contributed by atoms with Gasteiger partial charge in [-0.15, -0.1) is 0 Å². The summed E-state index contributed by atoms with van der Waals surface area (Å²) in [5.74, 6) is 2.84. The zero-order valence-corrected chi connectivity index (χ0v) is 18.8. The largest absolute Gasteiger partial charge is 0.458 e. The maximum Gasteiger partial charge on any atom is 0.397 e. The zero-order valence-electron chi connectivity index (χ0n) is 18.0. The van der Waals surface area contributed by atoms with E-state index in [0.29, 0.717) is 42.6 Å². The number of hydrogen-bond acceptors (Lipinski definition) is 5. The Balaban J connectivity index is 1.34. The number of esters is 1. The van der Waals surface area contributed by atoms with E-state index >= 15 is 0 Å². The molecule has 30 heavy (non-hydrogen) atoms. The van der Waals surface area contributed by atoms with Crippen LogP contribution in [0.5, 0.6) is 0 Å². The van der Waals surface area contributed by atoms with Gasteiger partial charge in [0, 0.05) is 6.08 Å². The number of cyclic esters (lactones) is 1. The number of rotatable bonds is 3. The van der Waals surface area contributed by atoms with Gasteiger partial charge in [0.1, 0.15) is 6.61 Å². The molecule has 0 bridgehead atoms. The van der Waals surface area contributed by atoms with Gasteiger partial charge >= 0.3 is 16.4 Å². The third-order valence-electron chi connectivity index (χ3n) is 10.0. The van der Waals surface area contributed by atoms with Crippen LogP contribution in [0.25, 0.3) is 0 Å². The molecule has 0 aromatic rings. The summed E-state index contributed by atoms with van der Waals surface area (Å²) in [5.41, 5.74) is 1.70. The van der Waals surface area contributed by atoms with Crippen LogP contribution in [0, 0.1) is 40.4 Å². The Bertz CT molecular complexity index is 865. The standard InChI is InChI=1S/C23H34O6S/c1-22-9-7-16(29-30(25,26)27)12-15(22)3-4-17-19-6-5-18(14-11-21(24)28-13-14)23(19,2)10-8-20(17)22/h11,15-20H,3-10,12-13H2,1-2H3,(H,25,26,27)/t15-,16+,17+,18-,19+,20+,22+,23-/m1/s1. The lowest BCUT2D eigenvalue weighted by Gasteiger charge is -2.61. The molecule has 0 radical (unpaired) electrons. The summed E-state index contributed by atoms with van der Waals surface area (Å²) in [6, 6.07) is 0. The minimum Gasteiger partial charge on any atom is -0.458 e. The van der Waals surface area contributed by atoms with Gasteiger partial charge in [-0.2, -0.15) is 8.42 Å². The molecule has 168 valence electrons. The van der Waals surface area contributed by atoms with Crippen molar-refractivity contribution in [2.75, 3.05) is 6.61 Å². The second-order valence-electron chi connectivity index (χ2n) is 11.1. The zero-order chi connectivity index (χ0) is 21.3. The van der Waals surface area contributed by atoms with E-state index in [1.54, 1.807) is 6.08 Å². The van der Waals surface area contributed by atoms with Crippen molar-refractivity contribution in [3.8, 4) is 0 Å². The Labute approximate surface area is 179 Å². The third-order valence-corrected chi connectivity index (χ3v) is 10.5. The maximum absolute atomic E-state index is 11.7. The molecule has 0 unspecified atom stereocenters. The van der Waals surface area contributed by atoms with Gasteiger partial charge in [-0.1, -0.05) is 13.8 Å². The van der Waals surface area contributed by atoms with Gasteiger partial charge in [-0.05, 0) is 104 Å². The summed E-state index contributed by atoms with van der Waals surface area (Å²) in [7, 11) is -4.38. The Morgan fingerprint density at radius 1 is 1.03 bits per heavy atom. The van der Waals surface area contributed by atoms with Crippen LogP contribution in [0.2, 0.25) is 0 Å². The number of carbonyl (C=O) groups is 1. The summed E-state index contributed by atoms with van der Waals surface area (Å²) in [4.78, 5) is 11.7. The van der Waals surface area contributed by atoms with Gasteiger partial charge < -0.3 is 4.74 Å². The first kappa shape index (κ1) is 21.0. The average Bonchev–Trinajstić information content (AvgIpc) is 3.23. The molecule has 4 aliphatic carbocycles. The molecular weight excluding hydrogens is 404 g/mol. The predicted octanol–water partition coefficient (Wildman–Crippen LogP) is 4.32. The maximum atomic E-state index is 11.7. The Morgan fingerprint density at radius 2 is 1.77 bits per heavy atom. The second-order valence-corrected chi connectivity index (χ2v) is 12.1. The van der Waals surface area contributed by atoms with E-state index in [1.165, 1.54) is 31.3 Å². The molecule has 0 saturated heterocycles. The Hall–Kier alpha value is -0.920. The summed E-state index contributed by atoms with van der Waals surface area (Å²) < 4.78 is 41.7. The van der Waals surface area contributed by atoms with Crippen molar-refractivity contribution < 1.29 is 26.7 Å². The fraction of sp³-hybridized carbons (Fsp3) is 0.870. The van der Waals surface area contributed by atoms with E-state index in [4.69, 9.17) is 13.5 Å². The van der Waals surface area contributed by atoms with Gasteiger partial charge in [0.2, 0.25) is 0 Å². The van der Waals surface area contributed by atoms with Gasteiger partial charge in [-0.3, -0.25) is 4.55 Å². The molecule has 0 spiro atoms. The molecule has 5 aliphatic rings. The lowest BCUT2D eigenvalue weighted by molar-refractivity contribution is -0.135. The van der Waals surface area contributed by atoms with Crippen LogP contribution in [0.3, 0.4) is 0 Å². The third kappa shape index (κ3) is 3.27. The van der Waals surface area contributed by atoms with E-state index in [1.807, 2.05) is 0 Å². The van der Waals surface area contributed by atoms with E-state index in [9.17, 15) is 13.2 Å². The highest BCUT2D eigenvalue weighted by molar-refractivity contribution is 7.80. The summed E-state index contributed by atoms with van der Waals surface area (Å²) in [6.07, 6.45) is 10.9. The summed E-state index contributed by atoms with van der Waals surface area (Å²) in [6.45, 7) is 5.37. The predicted molar refractivity (Wildman–Crippen MR) is 111 cm³/mol. The van der Waals surface area contributed by atoms with Crippen molar-refractivity contribution in [3.63, 3.8) is 0 Å². The smallest absolute Gasteiger partial charge is 0.397 e. The monoisotopic (exact) mass is 438 g/mol. The van der Waals surface area contributed by atoms with Crippen LogP contribution in [0.1, 0.15) is 71.6 Å². The Kier molecular flexibility index (Phi) is 4.92. The van der Waals surface area contributed by atoms with Crippen molar-refractivity contribution in [2.45, 2.75) is 77.7 Å². The number of carbonyl (C=O) groups excluding carboxylic acids is 1. The summed E-state index contributed by atoms with van der Waals surface area (Å²) >= 11 is 0. The van der Waals surface area contributed by atoms with Gasteiger partial charge in [-0.25, -0.2) is 8.98 Å². The minimum atomic E-state index is -4.38. The molecule has 5 rings (SSSR count). The number of hydrogen-bond donors (Lipinski definition) is 1. The van der Waals surface area contributed by atoms with E-state index < -0.39 is 10.4 Å². The molecule has 4 saturated carbocycles. The quantitative estimate of drug-likeness (QED) is 0.521. The van der Waals surface area contributed by atoms with Crippen molar-refractivity contribution in [2.24, 2.45) is 40.4 Å². The number of ether oxygens (including phenoxy) is 1. The van der Waals surface area contributed by atoms with Crippen molar-refractivity contribution in [1.82, 2.24) is 0 Å². The van der Waals surface area contributed by atoms with Crippen LogP contribution in [-0.2, 0) is 24.1 Å². The Morgan fingerprint density at radius 3 is 2.47 bits per heavy atom. The molecule has 4 fully saturated rings. The van der Waals surface area contributed by atoms with Gasteiger partial charge in [0.25, 0.3) is 0 Å². The van der Waals surface area contributed by atoms with Crippen molar-refractivity contribution in [3.05, 3.63) is 11.6 Å². The molecule has 1 N–H and O–H groups in total. The SMILES string of the molecule is C[C@]12CC[C@H](OS(=O)(=O)O)C[C@H]1CC[C@@H]1[C@@H]2CC[C@]2(C)[C@@H](C3=CC(=O)OC3)CC[C@@H]12. The molecule has 0 amide bonds. The lowest BCUT2D eigenvalue weighted by Crippen LogP contribution is -2.54. The molecular formula is C23H34O6S. The molecule has 7 heteroatoms. The first-order chi connectivity index (χ1) is 14.1. The average molecular weight is 439 g/mol. The molecule has 0 aromatic carbocycles. The second kappa shape index (κ2) is 7.04. The fourth-order valence-electron chi connectivity index (χ4n) is 8.68. The highest BCUT2D eigenvalue weighted by atomic mass is 32.3. The number of fused-ring (bicyclic) bond motifs is 5. The molecule has 0 aromatic heterocycles. The van der Waals surface area contributed by atoms with Crippen LogP contribution in [0.4, 0.5) is 0 Å². The normalized spacial score (nSPS) is 48.4. The van der Waals surface area contributed by atoms with Gasteiger partial charge in [0.05, 0.1) is 6.10 Å². The van der Waals surface area contributed by atoms with E-state index in [2.05, 4.69) is 13.8 Å². The molecule has 6 nitrogen and oxygen atoms in total. The first-order valence-electron chi connectivity index (χ1n) is 11.6. The fourth-order valence-corrected chi connectivity index (χ4v) is 9.20. The van der Waals surface area contributed by atoms with Crippen molar-refractivity contribution >= 4 is 16.4 Å². The minimum absolute atomic E-state index is 0.178. The highest BCUT2D eigenvalue weighted by Crippen LogP contribution is 2.68. The van der Waals surface area contributed by atoms with Crippen LogP contribution >= 0.6 is 0 Å². The highest BCUT2D eigenvalue weighted by Gasteiger charge is 2.60. The van der Waals surface area contributed by atoms with E-state index in [0.717, 1.165) is 25.7 Å². The summed E-state index contributed by atoms with van der Waals surface area (Å²) in [5, 5.41) is 0. The van der Waals surface area contributed by atoms with Gasteiger partial charge in [0.15, 0.2) is 0 Å². The molecule has 8 atom stereocenters. The first-order valence-corrected chi connectivity index (χ1v) is 13.0. The lowest BCUT2D eigenvalue weighted by atomic mass is 9.44. The topological polar surface area (TPSA) is 89.9 Å². The molecule has 1 heterocycles. The molecule has 1 aliphatic heterocycles. The van der Waals surface area contributed by atoms with Crippen LogP contribution in [0.15, 0.2) is 11.6 Å².